The van der Waals surface area contributed by atoms with Gasteiger partial charge in [0, 0.05) is 17.9 Å². The maximum Gasteiger partial charge on any atom is 0.191 e. The molecule has 5 nitrogen and oxygen atoms in total. The molecule has 3 rings (SSSR count). The highest BCUT2D eigenvalue weighted by Crippen LogP contribution is 2.24. The molecule has 2 aromatic heterocycles. The molecule has 6 heteroatoms. The molecule has 0 radical (unpaired) electrons. The SMILES string of the molecule is NCCSc1nnc(-c2ccccc2)n1Cc1ccco1. The zero-order chi connectivity index (χ0) is 14.5. The minimum absolute atomic E-state index is 0.608. The minimum atomic E-state index is 0.608. The third kappa shape index (κ3) is 3.17. The van der Waals surface area contributed by atoms with E-state index in [9.17, 15) is 0 Å². The molecule has 0 aliphatic rings. The Hall–Kier alpha value is -2.05. The van der Waals surface area contributed by atoms with Gasteiger partial charge in [0.2, 0.25) is 0 Å². The lowest BCUT2D eigenvalue weighted by atomic mass is 10.2. The van der Waals surface area contributed by atoms with E-state index in [4.69, 9.17) is 10.2 Å². The Balaban J connectivity index is 1.97. The topological polar surface area (TPSA) is 69.9 Å². The fraction of sp³-hybridized carbons (Fsp3) is 0.200. The molecule has 0 aliphatic carbocycles. The average molecular weight is 300 g/mol. The van der Waals surface area contributed by atoms with Crippen molar-refractivity contribution in [1.29, 1.82) is 0 Å². The van der Waals surface area contributed by atoms with Crippen LogP contribution in [0.15, 0.2) is 58.3 Å². The number of aromatic nitrogens is 3. The van der Waals surface area contributed by atoms with Crippen LogP contribution in [0.4, 0.5) is 0 Å². The zero-order valence-electron chi connectivity index (χ0n) is 11.5. The van der Waals surface area contributed by atoms with Gasteiger partial charge in [0.05, 0.1) is 12.8 Å². The van der Waals surface area contributed by atoms with E-state index in [1.807, 2.05) is 42.5 Å². The second-order valence-electron chi connectivity index (χ2n) is 4.47. The first-order chi connectivity index (χ1) is 10.4. The first kappa shape index (κ1) is 13.9. The van der Waals surface area contributed by atoms with E-state index in [1.54, 1.807) is 18.0 Å². The highest BCUT2D eigenvalue weighted by Gasteiger charge is 2.15. The predicted octanol–water partition coefficient (Wildman–Crippen LogP) is 2.64. The molecule has 1 aromatic carbocycles. The van der Waals surface area contributed by atoms with Crippen molar-refractivity contribution in [2.45, 2.75) is 11.7 Å². The van der Waals surface area contributed by atoms with Gasteiger partial charge >= 0.3 is 0 Å². The van der Waals surface area contributed by atoms with E-state index in [0.29, 0.717) is 13.1 Å². The van der Waals surface area contributed by atoms with Gasteiger partial charge in [-0.25, -0.2) is 0 Å². The van der Waals surface area contributed by atoms with Gasteiger partial charge in [-0.1, -0.05) is 42.1 Å². The summed E-state index contributed by atoms with van der Waals surface area (Å²) < 4.78 is 7.51. The molecule has 0 bridgehead atoms. The lowest BCUT2D eigenvalue weighted by Crippen LogP contribution is -2.06. The monoisotopic (exact) mass is 300 g/mol. The number of thioether (sulfide) groups is 1. The van der Waals surface area contributed by atoms with E-state index < -0.39 is 0 Å². The molecule has 3 aromatic rings. The second kappa shape index (κ2) is 6.60. The van der Waals surface area contributed by atoms with Crippen molar-refractivity contribution < 1.29 is 4.42 Å². The predicted molar refractivity (Wildman–Crippen MR) is 83.0 cm³/mol. The van der Waals surface area contributed by atoms with E-state index in [0.717, 1.165) is 28.1 Å². The number of nitrogens with zero attached hydrogens (tertiary/aromatic N) is 3. The van der Waals surface area contributed by atoms with Crippen molar-refractivity contribution >= 4 is 11.8 Å². The third-order valence-electron chi connectivity index (χ3n) is 2.99. The van der Waals surface area contributed by atoms with Gasteiger partial charge in [0.15, 0.2) is 11.0 Å². The highest BCUT2D eigenvalue weighted by molar-refractivity contribution is 7.99. The fourth-order valence-corrected chi connectivity index (χ4v) is 2.75. The van der Waals surface area contributed by atoms with Gasteiger partial charge in [-0.15, -0.1) is 10.2 Å². The first-order valence-corrected chi connectivity index (χ1v) is 7.71. The lowest BCUT2D eigenvalue weighted by Gasteiger charge is -2.08. The van der Waals surface area contributed by atoms with Crippen molar-refractivity contribution in [2.75, 3.05) is 12.3 Å². The van der Waals surface area contributed by atoms with Crippen LogP contribution in [0.5, 0.6) is 0 Å². The Morgan fingerprint density at radius 3 is 2.67 bits per heavy atom. The molecule has 0 aliphatic heterocycles. The van der Waals surface area contributed by atoms with Crippen molar-refractivity contribution in [3.8, 4) is 11.4 Å². The summed E-state index contributed by atoms with van der Waals surface area (Å²) in [5, 5.41) is 9.48. The molecule has 21 heavy (non-hydrogen) atoms. The van der Waals surface area contributed by atoms with Gasteiger partial charge in [0.1, 0.15) is 5.76 Å². The van der Waals surface area contributed by atoms with Crippen LogP contribution in [0.3, 0.4) is 0 Å². The summed E-state index contributed by atoms with van der Waals surface area (Å²) in [4.78, 5) is 0. The normalized spacial score (nSPS) is 10.9. The molecule has 0 amide bonds. The average Bonchev–Trinajstić information content (AvgIpc) is 3.17. The highest BCUT2D eigenvalue weighted by atomic mass is 32.2. The standard InChI is InChI=1S/C15H16N4OS/c16-8-10-21-15-18-17-14(12-5-2-1-3-6-12)19(15)11-13-7-4-9-20-13/h1-7,9H,8,10-11,16H2. The Bertz CT molecular complexity index is 679. The van der Waals surface area contributed by atoms with Gasteiger partial charge in [-0.2, -0.15) is 0 Å². The Labute approximate surface area is 127 Å². The first-order valence-electron chi connectivity index (χ1n) is 6.72. The number of rotatable bonds is 6. The van der Waals surface area contributed by atoms with Crippen LogP contribution in [-0.2, 0) is 6.54 Å². The molecule has 0 saturated carbocycles. The van der Waals surface area contributed by atoms with E-state index >= 15 is 0 Å². The van der Waals surface area contributed by atoms with Gasteiger partial charge in [-0.3, -0.25) is 4.57 Å². The van der Waals surface area contributed by atoms with Crippen molar-refractivity contribution in [1.82, 2.24) is 14.8 Å². The van der Waals surface area contributed by atoms with E-state index in [2.05, 4.69) is 14.8 Å². The summed E-state index contributed by atoms with van der Waals surface area (Å²) >= 11 is 1.61. The number of hydrogen-bond donors (Lipinski definition) is 1. The van der Waals surface area contributed by atoms with Gasteiger partial charge in [-0.05, 0) is 12.1 Å². The van der Waals surface area contributed by atoms with Crippen LogP contribution in [0.2, 0.25) is 0 Å². The Morgan fingerprint density at radius 2 is 1.95 bits per heavy atom. The number of furan rings is 1. The summed E-state index contributed by atoms with van der Waals surface area (Å²) in [6, 6.07) is 13.9. The zero-order valence-corrected chi connectivity index (χ0v) is 12.3. The molecule has 0 atom stereocenters. The smallest absolute Gasteiger partial charge is 0.191 e. The quantitative estimate of drug-likeness (QED) is 0.709. The van der Waals surface area contributed by atoms with Crippen LogP contribution in [0.1, 0.15) is 5.76 Å². The number of hydrogen-bond acceptors (Lipinski definition) is 5. The Morgan fingerprint density at radius 1 is 1.10 bits per heavy atom. The number of nitrogens with two attached hydrogens (primary N) is 1. The van der Waals surface area contributed by atoms with Crippen LogP contribution >= 0.6 is 11.8 Å². The molecule has 0 fully saturated rings. The third-order valence-corrected chi connectivity index (χ3v) is 3.99. The fourth-order valence-electron chi connectivity index (χ4n) is 2.05. The second-order valence-corrected chi connectivity index (χ2v) is 5.54. The van der Waals surface area contributed by atoms with Crippen molar-refractivity contribution in [3.05, 3.63) is 54.5 Å². The van der Waals surface area contributed by atoms with Crippen LogP contribution in [-0.4, -0.2) is 27.1 Å². The summed E-state index contributed by atoms with van der Waals surface area (Å²) in [6.07, 6.45) is 1.68. The summed E-state index contributed by atoms with van der Waals surface area (Å²) in [5.41, 5.74) is 6.62. The van der Waals surface area contributed by atoms with Crippen LogP contribution in [0, 0.1) is 0 Å². The molecule has 2 heterocycles. The van der Waals surface area contributed by atoms with Gasteiger partial charge < -0.3 is 10.2 Å². The molecular weight excluding hydrogens is 284 g/mol. The minimum Gasteiger partial charge on any atom is -0.467 e. The number of benzene rings is 1. The summed E-state index contributed by atoms with van der Waals surface area (Å²) in [5.74, 6) is 2.53. The molecule has 0 spiro atoms. The van der Waals surface area contributed by atoms with Crippen LogP contribution < -0.4 is 5.73 Å². The molecule has 2 N–H and O–H groups in total. The van der Waals surface area contributed by atoms with Crippen LogP contribution in [0.25, 0.3) is 11.4 Å². The molecule has 0 unspecified atom stereocenters. The maximum absolute atomic E-state index is 5.58. The summed E-state index contributed by atoms with van der Waals surface area (Å²) in [6.45, 7) is 1.22. The van der Waals surface area contributed by atoms with Gasteiger partial charge in [0.25, 0.3) is 0 Å². The molecule has 108 valence electrons. The van der Waals surface area contributed by atoms with E-state index in [1.165, 1.54) is 0 Å². The lowest BCUT2D eigenvalue weighted by molar-refractivity contribution is 0.485. The largest absolute Gasteiger partial charge is 0.467 e. The molecular formula is C15H16N4OS. The van der Waals surface area contributed by atoms with Crippen molar-refractivity contribution in [3.63, 3.8) is 0 Å². The summed E-state index contributed by atoms with van der Waals surface area (Å²) in [7, 11) is 0. The molecule has 0 saturated heterocycles. The Kier molecular flexibility index (Phi) is 4.37. The maximum atomic E-state index is 5.58. The van der Waals surface area contributed by atoms with Crippen molar-refractivity contribution in [2.24, 2.45) is 5.73 Å². The van der Waals surface area contributed by atoms with E-state index in [-0.39, 0.29) is 0 Å².